The number of esters is 2. The van der Waals surface area contributed by atoms with E-state index in [-0.39, 0.29) is 6.10 Å². The Balaban J connectivity index is 1.42. The molecule has 1 amide bonds. The van der Waals surface area contributed by atoms with E-state index in [2.05, 4.69) is 10.1 Å². The van der Waals surface area contributed by atoms with E-state index in [4.69, 9.17) is 14.2 Å². The minimum absolute atomic E-state index is 0.116. The molecule has 1 saturated heterocycles. The third-order valence-corrected chi connectivity index (χ3v) is 4.47. The Morgan fingerprint density at radius 1 is 1.00 bits per heavy atom. The molecular formula is C22H23NO7. The maximum atomic E-state index is 12.1. The largest absolute Gasteiger partial charge is 0.491 e. The highest BCUT2D eigenvalue weighted by molar-refractivity contribution is 5.96. The van der Waals surface area contributed by atoms with Crippen LogP contribution in [-0.4, -0.2) is 50.9 Å². The Bertz CT molecular complexity index is 871. The number of carbonyl (C=O) groups is 3. The molecule has 1 heterocycles. The van der Waals surface area contributed by atoms with E-state index < -0.39 is 24.5 Å². The smallest absolute Gasteiger partial charge is 0.338 e. The highest BCUT2D eigenvalue weighted by atomic mass is 16.5. The maximum Gasteiger partial charge on any atom is 0.338 e. The Hall–Kier alpha value is -3.39. The van der Waals surface area contributed by atoms with Gasteiger partial charge in [0.25, 0.3) is 5.91 Å². The molecule has 8 heteroatoms. The van der Waals surface area contributed by atoms with Crippen LogP contribution in [-0.2, 0) is 19.0 Å². The van der Waals surface area contributed by atoms with Crippen molar-refractivity contribution in [3.05, 3.63) is 59.7 Å². The second-order valence-corrected chi connectivity index (χ2v) is 6.66. The van der Waals surface area contributed by atoms with E-state index in [1.54, 1.807) is 36.4 Å². The zero-order chi connectivity index (χ0) is 21.3. The van der Waals surface area contributed by atoms with Crippen molar-refractivity contribution in [3.63, 3.8) is 0 Å². The zero-order valence-electron chi connectivity index (χ0n) is 16.6. The fraction of sp³-hybridized carbons (Fsp3) is 0.318. The quantitative estimate of drug-likeness (QED) is 0.664. The van der Waals surface area contributed by atoms with Gasteiger partial charge in [0.05, 0.1) is 24.3 Å². The monoisotopic (exact) mass is 413 g/mol. The van der Waals surface area contributed by atoms with Crippen LogP contribution in [0, 0.1) is 0 Å². The normalized spacial score (nSPS) is 15.3. The average molecular weight is 413 g/mol. The van der Waals surface area contributed by atoms with E-state index >= 15 is 0 Å². The third kappa shape index (κ3) is 6.05. The number of amides is 1. The van der Waals surface area contributed by atoms with Gasteiger partial charge < -0.3 is 24.3 Å². The number of benzene rings is 2. The first kappa shape index (κ1) is 21.3. The molecule has 0 bridgehead atoms. The molecule has 2 aromatic carbocycles. The van der Waals surface area contributed by atoms with E-state index in [0.717, 1.165) is 19.4 Å². The summed E-state index contributed by atoms with van der Waals surface area (Å²) in [7, 11) is 1.29. The molecule has 0 radical (unpaired) electrons. The number of rotatable bonds is 8. The highest BCUT2D eigenvalue weighted by Gasteiger charge is 2.16. The van der Waals surface area contributed by atoms with Gasteiger partial charge in [0.1, 0.15) is 12.4 Å². The molecule has 1 fully saturated rings. The van der Waals surface area contributed by atoms with Crippen LogP contribution < -0.4 is 10.1 Å². The van der Waals surface area contributed by atoms with Gasteiger partial charge in [0.2, 0.25) is 0 Å². The first-order chi connectivity index (χ1) is 14.5. The summed E-state index contributed by atoms with van der Waals surface area (Å²) in [5.74, 6) is -0.942. The molecule has 0 aromatic heterocycles. The summed E-state index contributed by atoms with van der Waals surface area (Å²) in [6.07, 6.45) is 2.15. The predicted octanol–water partition coefficient (Wildman–Crippen LogP) is 2.83. The molecule has 3 rings (SSSR count). The average Bonchev–Trinajstić information content (AvgIpc) is 3.30. The van der Waals surface area contributed by atoms with Gasteiger partial charge >= 0.3 is 11.9 Å². The molecular weight excluding hydrogens is 390 g/mol. The van der Waals surface area contributed by atoms with Crippen LogP contribution in [0.3, 0.4) is 0 Å². The molecule has 0 unspecified atom stereocenters. The summed E-state index contributed by atoms with van der Waals surface area (Å²) in [4.78, 5) is 35.5. The predicted molar refractivity (Wildman–Crippen MR) is 108 cm³/mol. The lowest BCUT2D eigenvalue weighted by atomic mass is 10.2. The fourth-order valence-electron chi connectivity index (χ4n) is 2.87. The van der Waals surface area contributed by atoms with Gasteiger partial charge in [-0.25, -0.2) is 9.59 Å². The summed E-state index contributed by atoms with van der Waals surface area (Å²) in [6.45, 7) is 0.810. The Kier molecular flexibility index (Phi) is 7.40. The van der Waals surface area contributed by atoms with Gasteiger partial charge in [-0.3, -0.25) is 4.79 Å². The van der Waals surface area contributed by atoms with Crippen LogP contribution >= 0.6 is 0 Å². The Labute approximate surface area is 174 Å². The van der Waals surface area contributed by atoms with Gasteiger partial charge in [0, 0.05) is 12.3 Å². The van der Waals surface area contributed by atoms with Crippen molar-refractivity contribution in [3.8, 4) is 5.75 Å². The number of anilines is 1. The number of hydrogen-bond donors (Lipinski definition) is 1. The molecule has 1 aliphatic heterocycles. The summed E-state index contributed by atoms with van der Waals surface area (Å²) < 4.78 is 20.8. The minimum Gasteiger partial charge on any atom is -0.491 e. The third-order valence-electron chi connectivity index (χ3n) is 4.47. The van der Waals surface area contributed by atoms with E-state index in [0.29, 0.717) is 29.2 Å². The van der Waals surface area contributed by atoms with Gasteiger partial charge in [-0.05, 0) is 61.4 Å². The number of carbonyl (C=O) groups excluding carboxylic acids is 3. The molecule has 158 valence electrons. The topological polar surface area (TPSA) is 100 Å². The highest BCUT2D eigenvalue weighted by Crippen LogP contribution is 2.17. The summed E-state index contributed by atoms with van der Waals surface area (Å²) in [5, 5.41) is 2.59. The summed E-state index contributed by atoms with van der Waals surface area (Å²) >= 11 is 0. The molecule has 1 aliphatic rings. The van der Waals surface area contributed by atoms with Crippen molar-refractivity contribution in [2.24, 2.45) is 0 Å². The van der Waals surface area contributed by atoms with Crippen LogP contribution in [0.5, 0.6) is 5.75 Å². The maximum absolute atomic E-state index is 12.1. The molecule has 0 spiro atoms. The van der Waals surface area contributed by atoms with Gasteiger partial charge in [0.15, 0.2) is 6.61 Å². The SMILES string of the molecule is COC(=O)c1ccc(NC(=O)COC(=O)c2ccc(OC[C@H]3CCCO3)cc2)cc1. The molecule has 0 aliphatic carbocycles. The Morgan fingerprint density at radius 3 is 2.30 bits per heavy atom. The standard InChI is InChI=1S/C22H23NO7/c1-27-21(25)15-4-8-17(9-5-15)23-20(24)14-30-22(26)16-6-10-18(11-7-16)29-13-19-3-2-12-28-19/h4-11,19H,2-3,12-14H2,1H3,(H,23,24)/t19-/m1/s1. The lowest BCUT2D eigenvalue weighted by Crippen LogP contribution is -2.21. The fourth-order valence-corrected chi connectivity index (χ4v) is 2.87. The van der Waals surface area contributed by atoms with Crippen LogP contribution in [0.4, 0.5) is 5.69 Å². The van der Waals surface area contributed by atoms with Gasteiger partial charge in [-0.2, -0.15) is 0 Å². The van der Waals surface area contributed by atoms with E-state index in [1.807, 2.05) is 0 Å². The van der Waals surface area contributed by atoms with E-state index in [9.17, 15) is 14.4 Å². The lowest BCUT2D eigenvalue weighted by Gasteiger charge is -2.11. The van der Waals surface area contributed by atoms with Crippen molar-refractivity contribution in [2.45, 2.75) is 18.9 Å². The molecule has 1 atom stereocenters. The van der Waals surface area contributed by atoms with Crippen molar-refractivity contribution in [2.75, 3.05) is 32.2 Å². The first-order valence-corrected chi connectivity index (χ1v) is 9.55. The molecule has 1 N–H and O–H groups in total. The van der Waals surface area contributed by atoms with Crippen LogP contribution in [0.2, 0.25) is 0 Å². The minimum atomic E-state index is -0.614. The summed E-state index contributed by atoms with van der Waals surface area (Å²) in [6, 6.07) is 12.7. The zero-order valence-corrected chi connectivity index (χ0v) is 16.6. The second kappa shape index (κ2) is 10.4. The molecule has 2 aromatic rings. The van der Waals surface area contributed by atoms with Crippen LogP contribution in [0.25, 0.3) is 0 Å². The molecule has 30 heavy (non-hydrogen) atoms. The van der Waals surface area contributed by atoms with Crippen LogP contribution in [0.1, 0.15) is 33.6 Å². The van der Waals surface area contributed by atoms with Crippen molar-refractivity contribution in [1.29, 1.82) is 0 Å². The second-order valence-electron chi connectivity index (χ2n) is 6.66. The Morgan fingerprint density at radius 2 is 1.67 bits per heavy atom. The first-order valence-electron chi connectivity index (χ1n) is 9.55. The number of hydrogen-bond acceptors (Lipinski definition) is 7. The lowest BCUT2D eigenvalue weighted by molar-refractivity contribution is -0.119. The van der Waals surface area contributed by atoms with E-state index in [1.165, 1.54) is 19.2 Å². The summed E-state index contributed by atoms with van der Waals surface area (Å²) in [5.41, 5.74) is 1.15. The number of ether oxygens (including phenoxy) is 4. The van der Waals surface area contributed by atoms with Crippen molar-refractivity contribution >= 4 is 23.5 Å². The van der Waals surface area contributed by atoms with Gasteiger partial charge in [-0.15, -0.1) is 0 Å². The van der Waals surface area contributed by atoms with Crippen molar-refractivity contribution < 1.29 is 33.3 Å². The number of nitrogens with one attached hydrogen (secondary N) is 1. The molecule has 0 saturated carbocycles. The number of methoxy groups -OCH3 is 1. The van der Waals surface area contributed by atoms with Crippen molar-refractivity contribution in [1.82, 2.24) is 0 Å². The van der Waals surface area contributed by atoms with Crippen LogP contribution in [0.15, 0.2) is 48.5 Å². The van der Waals surface area contributed by atoms with Gasteiger partial charge in [-0.1, -0.05) is 0 Å². The molecule has 8 nitrogen and oxygen atoms in total.